The van der Waals surface area contributed by atoms with Gasteiger partial charge in [-0.1, -0.05) is 30.3 Å². The van der Waals surface area contributed by atoms with Crippen LogP contribution < -0.4 is 24.3 Å². The maximum Gasteiger partial charge on any atom is 0.251 e. The highest BCUT2D eigenvalue weighted by Gasteiger charge is 2.35. The minimum absolute atomic E-state index is 0.159. The minimum atomic E-state index is 0.159. The van der Waals surface area contributed by atoms with Crippen molar-refractivity contribution in [3.8, 4) is 23.0 Å². The van der Waals surface area contributed by atoms with E-state index >= 15 is 0 Å². The summed E-state index contributed by atoms with van der Waals surface area (Å²) >= 11 is 0. The van der Waals surface area contributed by atoms with Gasteiger partial charge >= 0.3 is 0 Å². The number of nitrogens with zero attached hydrogens (tertiary/aromatic N) is 1. The molecule has 1 fully saturated rings. The smallest absolute Gasteiger partial charge is 0.251 e. The van der Waals surface area contributed by atoms with Gasteiger partial charge in [0.15, 0.2) is 11.5 Å². The normalized spacial score (nSPS) is 16.1. The molecule has 2 aliphatic heterocycles. The number of carbonyl (C=O) groups excluding carboxylic acids is 1. The van der Waals surface area contributed by atoms with Crippen LogP contribution in [0.1, 0.15) is 41.5 Å². The summed E-state index contributed by atoms with van der Waals surface area (Å²) in [5.41, 5.74) is 6.87. The quantitative estimate of drug-likeness (QED) is 0.346. The first-order valence-electron chi connectivity index (χ1n) is 14.1. The van der Waals surface area contributed by atoms with Gasteiger partial charge in [-0.15, -0.1) is 0 Å². The molecular weight excluding hydrogens is 504 g/mol. The maximum absolute atomic E-state index is 14.0. The van der Waals surface area contributed by atoms with E-state index in [9.17, 15) is 4.79 Å². The Labute approximate surface area is 235 Å². The molecule has 1 saturated carbocycles. The zero-order valence-electron chi connectivity index (χ0n) is 23.2. The molecule has 2 heterocycles. The summed E-state index contributed by atoms with van der Waals surface area (Å²) in [6, 6.07) is 20.3. The Kier molecular flexibility index (Phi) is 7.64. The molecule has 208 valence electrons. The van der Waals surface area contributed by atoms with E-state index in [0.29, 0.717) is 38.1 Å². The topological polar surface area (TPSA) is 69.3 Å². The third-order valence-electron chi connectivity index (χ3n) is 7.95. The van der Waals surface area contributed by atoms with Gasteiger partial charge in [0.25, 0.3) is 5.91 Å². The van der Waals surface area contributed by atoms with E-state index in [1.54, 1.807) is 0 Å². The van der Waals surface area contributed by atoms with E-state index in [1.165, 1.54) is 16.7 Å². The van der Waals surface area contributed by atoms with Crippen molar-refractivity contribution in [2.45, 2.75) is 45.7 Å². The molecule has 0 unspecified atom stereocenters. The molecular formula is C33H36N2O5. The van der Waals surface area contributed by atoms with Gasteiger partial charge in [0.1, 0.15) is 24.7 Å². The fourth-order valence-corrected chi connectivity index (χ4v) is 5.34. The van der Waals surface area contributed by atoms with E-state index < -0.39 is 0 Å². The van der Waals surface area contributed by atoms with Crippen molar-refractivity contribution < 1.29 is 23.7 Å². The Morgan fingerprint density at radius 3 is 2.50 bits per heavy atom. The van der Waals surface area contributed by atoms with Crippen LogP contribution in [0.4, 0.5) is 0 Å². The lowest BCUT2D eigenvalue weighted by molar-refractivity contribution is -0.128. The number of ether oxygens (including phenoxy) is 4. The molecule has 3 aliphatic rings. The summed E-state index contributed by atoms with van der Waals surface area (Å²) in [7, 11) is 0. The highest BCUT2D eigenvalue weighted by molar-refractivity contribution is 6.02. The van der Waals surface area contributed by atoms with Crippen molar-refractivity contribution in [3.05, 3.63) is 88.5 Å². The molecule has 1 amide bonds. The van der Waals surface area contributed by atoms with Crippen LogP contribution in [0.15, 0.2) is 66.2 Å². The number of benzene rings is 3. The second-order valence-corrected chi connectivity index (χ2v) is 10.6. The summed E-state index contributed by atoms with van der Waals surface area (Å²) in [6.45, 7) is 7.48. The molecule has 1 aliphatic carbocycles. The summed E-state index contributed by atoms with van der Waals surface area (Å²) < 4.78 is 22.4. The SMILES string of the molecule is Cc1cccc(CN(C(=O)C2=C(c3ccc(OCCOc4ccc5c(c4)OCO5)cc3)CCNC2)C2CC2)c1C. The van der Waals surface area contributed by atoms with Crippen LogP contribution in [-0.2, 0) is 11.3 Å². The largest absolute Gasteiger partial charge is 0.490 e. The molecule has 0 radical (unpaired) electrons. The Hall–Kier alpha value is -3.97. The van der Waals surface area contributed by atoms with Crippen LogP contribution in [0.5, 0.6) is 23.0 Å². The fourth-order valence-electron chi connectivity index (χ4n) is 5.34. The number of carbonyl (C=O) groups is 1. The molecule has 7 nitrogen and oxygen atoms in total. The first kappa shape index (κ1) is 26.3. The lowest BCUT2D eigenvalue weighted by atomic mass is 9.93. The molecule has 0 atom stereocenters. The predicted octanol–water partition coefficient (Wildman–Crippen LogP) is 5.43. The zero-order chi connectivity index (χ0) is 27.5. The van der Waals surface area contributed by atoms with E-state index in [-0.39, 0.29) is 12.7 Å². The van der Waals surface area contributed by atoms with Gasteiger partial charge in [0, 0.05) is 30.8 Å². The Bertz CT molecular complexity index is 1410. The van der Waals surface area contributed by atoms with Crippen LogP contribution in [0.3, 0.4) is 0 Å². The van der Waals surface area contributed by atoms with Gasteiger partial charge < -0.3 is 29.2 Å². The summed E-state index contributed by atoms with van der Waals surface area (Å²) in [6.07, 6.45) is 2.99. The lowest BCUT2D eigenvalue weighted by Crippen LogP contribution is -2.39. The monoisotopic (exact) mass is 540 g/mol. The average molecular weight is 541 g/mol. The second kappa shape index (κ2) is 11.6. The highest BCUT2D eigenvalue weighted by Crippen LogP contribution is 2.36. The van der Waals surface area contributed by atoms with Gasteiger partial charge in [0.2, 0.25) is 6.79 Å². The van der Waals surface area contributed by atoms with Gasteiger partial charge in [-0.05, 0) is 91.7 Å². The van der Waals surface area contributed by atoms with Gasteiger partial charge in [-0.2, -0.15) is 0 Å². The molecule has 0 aromatic heterocycles. The van der Waals surface area contributed by atoms with Gasteiger partial charge in [0.05, 0.1) is 0 Å². The van der Waals surface area contributed by atoms with E-state index in [2.05, 4.69) is 54.4 Å². The third kappa shape index (κ3) is 5.80. The van der Waals surface area contributed by atoms with E-state index in [4.69, 9.17) is 18.9 Å². The molecule has 40 heavy (non-hydrogen) atoms. The number of hydrogen-bond donors (Lipinski definition) is 1. The number of fused-ring (bicyclic) bond motifs is 1. The molecule has 7 heteroatoms. The number of hydrogen-bond acceptors (Lipinski definition) is 6. The van der Waals surface area contributed by atoms with Crippen LogP contribution in [0.25, 0.3) is 5.57 Å². The minimum Gasteiger partial charge on any atom is -0.490 e. The number of nitrogens with one attached hydrogen (secondary N) is 1. The molecule has 0 bridgehead atoms. The van der Waals surface area contributed by atoms with Crippen LogP contribution >= 0.6 is 0 Å². The Morgan fingerprint density at radius 1 is 0.950 bits per heavy atom. The Balaban J connectivity index is 1.11. The fraction of sp³-hybridized carbons (Fsp3) is 0.364. The van der Waals surface area contributed by atoms with Crippen molar-refractivity contribution in [2.75, 3.05) is 33.1 Å². The average Bonchev–Trinajstić information content (AvgIpc) is 3.72. The maximum atomic E-state index is 14.0. The zero-order valence-corrected chi connectivity index (χ0v) is 23.2. The molecule has 0 saturated heterocycles. The molecule has 1 N–H and O–H groups in total. The summed E-state index contributed by atoms with van der Waals surface area (Å²) in [5, 5.41) is 3.43. The van der Waals surface area contributed by atoms with Crippen molar-refractivity contribution in [3.63, 3.8) is 0 Å². The van der Waals surface area contributed by atoms with Crippen molar-refractivity contribution >= 4 is 11.5 Å². The molecule has 0 spiro atoms. The van der Waals surface area contributed by atoms with Crippen LogP contribution in [0, 0.1) is 13.8 Å². The standard InChI is InChI=1S/C33H36N2O5/c1-22-4-3-5-25(23(22)2)20-35(26-8-9-26)33(36)30-19-34-15-14-29(30)24-6-10-27(11-7-24)37-16-17-38-28-12-13-31-32(18-28)40-21-39-31/h3-7,10-13,18,26,34H,8-9,14-17,19-21H2,1-2H3. The number of aryl methyl sites for hydroxylation is 1. The molecule has 3 aromatic rings. The molecule has 6 rings (SSSR count). The molecule has 3 aromatic carbocycles. The first-order valence-corrected chi connectivity index (χ1v) is 14.1. The predicted molar refractivity (Wildman–Crippen MR) is 154 cm³/mol. The number of amides is 1. The second-order valence-electron chi connectivity index (χ2n) is 10.6. The van der Waals surface area contributed by atoms with Crippen molar-refractivity contribution in [1.29, 1.82) is 0 Å². The van der Waals surface area contributed by atoms with Crippen molar-refractivity contribution in [1.82, 2.24) is 10.2 Å². The van der Waals surface area contributed by atoms with Gasteiger partial charge in [-0.3, -0.25) is 4.79 Å². The van der Waals surface area contributed by atoms with Crippen LogP contribution in [0.2, 0.25) is 0 Å². The van der Waals surface area contributed by atoms with E-state index in [1.807, 2.05) is 30.3 Å². The van der Waals surface area contributed by atoms with Crippen molar-refractivity contribution in [2.24, 2.45) is 0 Å². The number of rotatable bonds is 10. The van der Waals surface area contributed by atoms with Crippen LogP contribution in [-0.4, -0.2) is 49.9 Å². The summed E-state index contributed by atoms with van der Waals surface area (Å²) in [5.74, 6) is 3.08. The van der Waals surface area contributed by atoms with E-state index in [0.717, 1.165) is 59.8 Å². The third-order valence-corrected chi connectivity index (χ3v) is 7.95. The van der Waals surface area contributed by atoms with Gasteiger partial charge in [-0.25, -0.2) is 0 Å². The first-order chi connectivity index (χ1) is 19.6. The summed E-state index contributed by atoms with van der Waals surface area (Å²) in [4.78, 5) is 16.1. The highest BCUT2D eigenvalue weighted by atomic mass is 16.7. The Morgan fingerprint density at radius 2 is 1.70 bits per heavy atom. The lowest BCUT2D eigenvalue weighted by Gasteiger charge is -2.29.